The molecule has 1 aromatic heterocycles. The number of phenolic OH excluding ortho intramolecular Hbond substituents is 1. The highest BCUT2D eigenvalue weighted by Crippen LogP contribution is 2.52. The third-order valence-corrected chi connectivity index (χ3v) is 6.97. The van der Waals surface area contributed by atoms with Gasteiger partial charge in [-0.05, 0) is 47.9 Å². The average Bonchev–Trinajstić information content (AvgIpc) is 2.69. The van der Waals surface area contributed by atoms with Gasteiger partial charge in [0.25, 0.3) is 0 Å². The molecular weight excluding hydrogens is 380 g/mol. The van der Waals surface area contributed by atoms with Gasteiger partial charge in [-0.2, -0.15) is 0 Å². The van der Waals surface area contributed by atoms with Gasteiger partial charge in [0.15, 0.2) is 0 Å². The van der Waals surface area contributed by atoms with E-state index in [1.807, 2.05) is 30.3 Å². The maximum Gasteiger partial charge on any atom is 0.119 e. The van der Waals surface area contributed by atoms with E-state index in [9.17, 15) is 5.11 Å². The molecule has 0 saturated carbocycles. The molecule has 0 amide bonds. The molecule has 0 bridgehead atoms. The fourth-order valence-corrected chi connectivity index (χ4v) is 5.30. The lowest BCUT2D eigenvalue weighted by Crippen LogP contribution is -2.36. The molecule has 6 heteroatoms. The van der Waals surface area contributed by atoms with E-state index < -0.39 is 5.41 Å². The molecule has 1 aliphatic rings. The van der Waals surface area contributed by atoms with Crippen molar-refractivity contribution in [3.8, 4) is 5.75 Å². The van der Waals surface area contributed by atoms with Gasteiger partial charge in [-0.15, -0.1) is 0 Å². The van der Waals surface area contributed by atoms with Gasteiger partial charge in [-0.1, -0.05) is 42.7 Å². The molecule has 5 nitrogen and oxygen atoms in total. The Labute approximate surface area is 172 Å². The van der Waals surface area contributed by atoms with Crippen LogP contribution in [0.4, 0.5) is 11.4 Å². The number of aromatic nitrogens is 1. The SMILES string of the molecule is C[C@]1(c2ccccc2O)C[C@H](c2ccc3[nH]sc3c2)Nc2ccc(N)c(C=N)c21. The van der Waals surface area contributed by atoms with Crippen molar-refractivity contribution < 1.29 is 5.11 Å². The highest BCUT2D eigenvalue weighted by molar-refractivity contribution is 7.15. The highest BCUT2D eigenvalue weighted by atomic mass is 32.1. The normalized spacial score (nSPS) is 20.9. The van der Waals surface area contributed by atoms with Gasteiger partial charge in [-0.25, -0.2) is 0 Å². The summed E-state index contributed by atoms with van der Waals surface area (Å²) in [7, 11) is 0. The molecule has 0 spiro atoms. The van der Waals surface area contributed by atoms with Crippen LogP contribution in [0.5, 0.6) is 5.75 Å². The number of fused-ring (bicyclic) bond motifs is 2. The van der Waals surface area contributed by atoms with Crippen molar-refractivity contribution in [2.75, 3.05) is 11.1 Å². The topological polar surface area (TPSA) is 97.9 Å². The van der Waals surface area contributed by atoms with Crippen molar-refractivity contribution in [1.29, 1.82) is 5.41 Å². The van der Waals surface area contributed by atoms with Crippen molar-refractivity contribution in [1.82, 2.24) is 4.37 Å². The van der Waals surface area contributed by atoms with Crippen LogP contribution < -0.4 is 11.1 Å². The molecule has 0 saturated heterocycles. The summed E-state index contributed by atoms with van der Waals surface area (Å²) in [5.41, 5.74) is 12.1. The summed E-state index contributed by atoms with van der Waals surface area (Å²) in [6.45, 7) is 2.14. The number of anilines is 2. The molecule has 29 heavy (non-hydrogen) atoms. The Morgan fingerprint density at radius 2 is 2.03 bits per heavy atom. The Morgan fingerprint density at radius 1 is 1.21 bits per heavy atom. The maximum absolute atomic E-state index is 10.7. The first-order valence-electron chi connectivity index (χ1n) is 9.56. The lowest BCUT2D eigenvalue weighted by Gasteiger charge is -2.43. The molecule has 1 aliphatic heterocycles. The van der Waals surface area contributed by atoms with Gasteiger partial charge < -0.3 is 25.9 Å². The van der Waals surface area contributed by atoms with Gasteiger partial charge >= 0.3 is 0 Å². The minimum atomic E-state index is -0.507. The van der Waals surface area contributed by atoms with Crippen LogP contribution in [0.2, 0.25) is 0 Å². The molecule has 2 atom stereocenters. The fraction of sp³-hybridized carbons (Fsp3) is 0.174. The predicted molar refractivity (Wildman–Crippen MR) is 120 cm³/mol. The molecule has 146 valence electrons. The number of aromatic hydroxyl groups is 1. The number of nitrogens with one attached hydrogen (secondary N) is 3. The first kappa shape index (κ1) is 17.8. The number of H-pyrrole nitrogens is 1. The summed E-state index contributed by atoms with van der Waals surface area (Å²) in [6.07, 6.45) is 2.06. The molecule has 4 aromatic rings. The molecule has 0 unspecified atom stereocenters. The van der Waals surface area contributed by atoms with Gasteiger partial charge in [0.1, 0.15) is 5.75 Å². The second-order valence-electron chi connectivity index (χ2n) is 7.85. The van der Waals surface area contributed by atoms with E-state index in [0.29, 0.717) is 11.3 Å². The number of benzene rings is 3. The second kappa shape index (κ2) is 6.39. The zero-order valence-electron chi connectivity index (χ0n) is 16.0. The molecular formula is C23H22N4OS. The van der Waals surface area contributed by atoms with Crippen LogP contribution in [0.15, 0.2) is 54.6 Å². The molecule has 2 heterocycles. The van der Waals surface area contributed by atoms with Gasteiger partial charge in [-0.3, -0.25) is 0 Å². The van der Waals surface area contributed by atoms with Crippen molar-refractivity contribution in [2.24, 2.45) is 0 Å². The van der Waals surface area contributed by atoms with Crippen LogP contribution in [0, 0.1) is 5.41 Å². The summed E-state index contributed by atoms with van der Waals surface area (Å²) >= 11 is 1.64. The monoisotopic (exact) mass is 402 g/mol. The smallest absolute Gasteiger partial charge is 0.119 e. The Kier molecular flexibility index (Phi) is 3.93. The van der Waals surface area contributed by atoms with E-state index in [4.69, 9.17) is 11.1 Å². The zero-order chi connectivity index (χ0) is 20.2. The van der Waals surface area contributed by atoms with Crippen molar-refractivity contribution >= 4 is 39.3 Å². The Hall–Kier alpha value is -3.25. The minimum Gasteiger partial charge on any atom is -0.508 e. The number of aromatic amines is 1. The fourth-order valence-electron chi connectivity index (χ4n) is 4.63. The van der Waals surface area contributed by atoms with E-state index in [1.165, 1.54) is 16.5 Å². The minimum absolute atomic E-state index is 0.0702. The van der Waals surface area contributed by atoms with E-state index in [2.05, 4.69) is 34.8 Å². The van der Waals surface area contributed by atoms with Gasteiger partial charge in [0, 0.05) is 34.1 Å². The first-order valence-corrected chi connectivity index (χ1v) is 10.4. The highest BCUT2D eigenvalue weighted by Gasteiger charge is 2.42. The van der Waals surface area contributed by atoms with Crippen molar-refractivity contribution in [2.45, 2.75) is 24.8 Å². The van der Waals surface area contributed by atoms with E-state index in [-0.39, 0.29) is 11.8 Å². The van der Waals surface area contributed by atoms with Crippen LogP contribution >= 0.6 is 11.5 Å². The number of phenols is 1. The quantitative estimate of drug-likeness (QED) is 0.235. The van der Waals surface area contributed by atoms with E-state index >= 15 is 0 Å². The lowest BCUT2D eigenvalue weighted by molar-refractivity contribution is 0.415. The second-order valence-corrected chi connectivity index (χ2v) is 8.69. The average molecular weight is 403 g/mol. The summed E-state index contributed by atoms with van der Waals surface area (Å²) in [5.74, 6) is 0.261. The lowest BCUT2D eigenvalue weighted by atomic mass is 9.66. The summed E-state index contributed by atoms with van der Waals surface area (Å²) in [6, 6.07) is 17.9. The number of nitrogens with two attached hydrogens (primary N) is 1. The number of hydrogen-bond acceptors (Lipinski definition) is 5. The number of nitrogen functional groups attached to an aromatic ring is 1. The van der Waals surface area contributed by atoms with Crippen molar-refractivity contribution in [3.05, 3.63) is 76.9 Å². The van der Waals surface area contributed by atoms with Crippen LogP contribution in [0.3, 0.4) is 0 Å². The molecule has 0 fully saturated rings. The number of hydrogen-bond donors (Lipinski definition) is 5. The van der Waals surface area contributed by atoms with Gasteiger partial charge in [0.05, 0.1) is 16.3 Å². The third-order valence-electron chi connectivity index (χ3n) is 6.09. The van der Waals surface area contributed by atoms with Crippen LogP contribution in [0.1, 0.15) is 41.6 Å². The Balaban J connectivity index is 1.73. The van der Waals surface area contributed by atoms with Gasteiger partial charge in [0.2, 0.25) is 0 Å². The van der Waals surface area contributed by atoms with Crippen LogP contribution in [-0.4, -0.2) is 15.7 Å². The predicted octanol–water partition coefficient (Wildman–Crippen LogP) is 5.38. The molecule has 3 aromatic carbocycles. The number of rotatable bonds is 3. The van der Waals surface area contributed by atoms with Crippen molar-refractivity contribution in [3.63, 3.8) is 0 Å². The third kappa shape index (κ3) is 2.63. The first-order chi connectivity index (χ1) is 14.0. The molecule has 5 rings (SSSR count). The van der Waals surface area contributed by atoms with E-state index in [0.717, 1.165) is 28.8 Å². The summed E-state index contributed by atoms with van der Waals surface area (Å²) < 4.78 is 4.48. The molecule has 0 aliphatic carbocycles. The Morgan fingerprint density at radius 3 is 2.72 bits per heavy atom. The zero-order valence-corrected chi connectivity index (χ0v) is 16.8. The molecule has 6 N–H and O–H groups in total. The van der Waals surface area contributed by atoms with Crippen LogP contribution in [-0.2, 0) is 5.41 Å². The van der Waals surface area contributed by atoms with E-state index in [1.54, 1.807) is 17.6 Å². The molecule has 0 radical (unpaired) electrons. The summed E-state index contributed by atoms with van der Waals surface area (Å²) in [5, 5.41) is 22.4. The standard InChI is InChI=1S/C23H22N4OS/c1-23(15-4-2-3-5-20(15)28)11-19(13-6-8-17-21(10-13)29-27-17)26-18-9-7-16(25)14(12-24)22(18)23/h2-10,12,19,24,26-28H,11,25H2,1H3/t19-,23-/m1/s1. The summed E-state index contributed by atoms with van der Waals surface area (Å²) in [4.78, 5) is 0. The largest absolute Gasteiger partial charge is 0.508 e. The maximum atomic E-state index is 10.7. The number of para-hydroxylation sites is 1. The van der Waals surface area contributed by atoms with Crippen LogP contribution in [0.25, 0.3) is 10.2 Å². The Bertz CT molecular complexity index is 1240.